The zero-order chi connectivity index (χ0) is 14.2. The van der Waals surface area contributed by atoms with Gasteiger partial charge in [0.1, 0.15) is 13.2 Å². The second-order valence-electron chi connectivity index (χ2n) is 4.75. The molecule has 4 nitrogen and oxygen atoms in total. The monoisotopic (exact) mass is 342 g/mol. The van der Waals surface area contributed by atoms with Crippen molar-refractivity contribution >= 4 is 27.0 Å². The van der Waals surface area contributed by atoms with Gasteiger partial charge in [0.2, 0.25) is 0 Å². The molecule has 5 heteroatoms. The summed E-state index contributed by atoms with van der Waals surface area (Å²) in [5.41, 5.74) is 3.52. The van der Waals surface area contributed by atoms with Crippen molar-refractivity contribution < 1.29 is 9.47 Å². The van der Waals surface area contributed by atoms with E-state index >= 15 is 0 Å². The summed E-state index contributed by atoms with van der Waals surface area (Å²) in [5.74, 6) is 1.54. The van der Waals surface area contributed by atoms with Crippen LogP contribution in [0, 0.1) is 0 Å². The molecule has 104 valence electrons. The van der Waals surface area contributed by atoms with Gasteiger partial charge >= 0.3 is 0 Å². The van der Waals surface area contributed by atoms with Crippen molar-refractivity contribution in [3.05, 3.63) is 47.1 Å². The Morgan fingerprint density at radius 2 is 1.76 bits per heavy atom. The first-order valence-corrected chi connectivity index (χ1v) is 7.41. The van der Waals surface area contributed by atoms with Crippen molar-refractivity contribution in [2.24, 2.45) is 0 Å². The molecule has 0 atom stereocenters. The molecule has 0 saturated heterocycles. The van der Waals surface area contributed by atoms with E-state index in [-0.39, 0.29) is 0 Å². The first kappa shape index (κ1) is 12.6. The number of aromatic nitrogens is 2. The Balaban J connectivity index is 1.80. The Kier molecular flexibility index (Phi) is 3.00. The van der Waals surface area contributed by atoms with Gasteiger partial charge in [-0.2, -0.15) is 0 Å². The Hall–Kier alpha value is -2.14. The van der Waals surface area contributed by atoms with Crippen LogP contribution in [0.4, 0.5) is 0 Å². The predicted molar refractivity (Wildman–Crippen MR) is 83.7 cm³/mol. The van der Waals surface area contributed by atoms with Crippen LogP contribution < -0.4 is 9.47 Å². The molecule has 21 heavy (non-hydrogen) atoms. The van der Waals surface area contributed by atoms with E-state index in [0.29, 0.717) is 13.2 Å². The number of halogens is 1. The Bertz CT molecular complexity index is 836. The molecule has 0 saturated carbocycles. The molecule has 0 unspecified atom stereocenters. The van der Waals surface area contributed by atoms with E-state index in [9.17, 15) is 0 Å². The van der Waals surface area contributed by atoms with Crippen molar-refractivity contribution in [1.29, 1.82) is 0 Å². The average Bonchev–Trinajstić information content (AvgIpc) is 2.54. The highest BCUT2D eigenvalue weighted by Gasteiger charge is 2.13. The number of fused-ring (bicyclic) bond motifs is 2. The zero-order valence-corrected chi connectivity index (χ0v) is 12.6. The van der Waals surface area contributed by atoms with Gasteiger partial charge in [0, 0.05) is 10.0 Å². The van der Waals surface area contributed by atoms with Crippen molar-refractivity contribution in [1.82, 2.24) is 9.97 Å². The number of ether oxygens (including phenoxy) is 2. The largest absolute Gasteiger partial charge is 0.486 e. The predicted octanol–water partition coefficient (Wildman–Crippen LogP) is 3.83. The van der Waals surface area contributed by atoms with Gasteiger partial charge in [-0.15, -0.1) is 0 Å². The molecule has 0 amide bonds. The molecule has 2 aromatic carbocycles. The van der Waals surface area contributed by atoms with Gasteiger partial charge in [-0.3, -0.25) is 4.98 Å². The van der Waals surface area contributed by atoms with Crippen LogP contribution in [-0.2, 0) is 0 Å². The third-order valence-electron chi connectivity index (χ3n) is 3.34. The lowest BCUT2D eigenvalue weighted by Crippen LogP contribution is -2.15. The maximum absolute atomic E-state index is 5.61. The number of hydrogen-bond acceptors (Lipinski definition) is 4. The van der Waals surface area contributed by atoms with E-state index < -0.39 is 0 Å². The molecular weight excluding hydrogens is 332 g/mol. The third-order valence-corrected chi connectivity index (χ3v) is 3.84. The lowest BCUT2D eigenvalue weighted by molar-refractivity contribution is 0.171. The maximum Gasteiger partial charge on any atom is 0.162 e. The minimum Gasteiger partial charge on any atom is -0.486 e. The van der Waals surface area contributed by atoms with Gasteiger partial charge in [0.25, 0.3) is 0 Å². The molecule has 0 fully saturated rings. The van der Waals surface area contributed by atoms with Gasteiger partial charge in [-0.05, 0) is 36.4 Å². The van der Waals surface area contributed by atoms with Crippen LogP contribution in [0.5, 0.6) is 11.5 Å². The summed E-state index contributed by atoms with van der Waals surface area (Å²) in [4.78, 5) is 9.12. The van der Waals surface area contributed by atoms with E-state index in [4.69, 9.17) is 9.47 Å². The molecule has 0 aliphatic carbocycles. The standard InChI is InChI=1S/C16H11BrN2O2/c17-11-2-3-12-13(8-11)18-9-14(19-12)10-1-4-15-16(7-10)21-6-5-20-15/h1-4,7-9H,5-6H2. The van der Waals surface area contributed by atoms with Crippen LogP contribution in [-0.4, -0.2) is 23.2 Å². The number of benzene rings is 2. The molecule has 4 rings (SSSR count). The highest BCUT2D eigenvalue weighted by atomic mass is 79.9. The highest BCUT2D eigenvalue weighted by molar-refractivity contribution is 9.10. The van der Waals surface area contributed by atoms with E-state index in [0.717, 1.165) is 38.3 Å². The van der Waals surface area contributed by atoms with Crippen LogP contribution in [0.1, 0.15) is 0 Å². The topological polar surface area (TPSA) is 44.2 Å². The summed E-state index contributed by atoms with van der Waals surface area (Å²) in [5, 5.41) is 0. The van der Waals surface area contributed by atoms with Gasteiger partial charge in [0.05, 0.1) is 22.9 Å². The fraction of sp³-hybridized carbons (Fsp3) is 0.125. The first-order chi connectivity index (χ1) is 10.3. The summed E-state index contributed by atoms with van der Waals surface area (Å²) in [6, 6.07) is 11.7. The first-order valence-electron chi connectivity index (χ1n) is 6.62. The average molecular weight is 343 g/mol. The fourth-order valence-corrected chi connectivity index (χ4v) is 2.67. The van der Waals surface area contributed by atoms with Gasteiger partial charge in [-0.1, -0.05) is 15.9 Å². The van der Waals surface area contributed by atoms with E-state index in [1.54, 1.807) is 6.20 Å². The second-order valence-corrected chi connectivity index (χ2v) is 5.66. The van der Waals surface area contributed by atoms with Crippen LogP contribution in [0.15, 0.2) is 47.1 Å². The SMILES string of the molecule is Brc1ccc2nc(-c3ccc4c(c3)OCCO4)cnc2c1. The highest BCUT2D eigenvalue weighted by Crippen LogP contribution is 2.34. The summed E-state index contributed by atoms with van der Waals surface area (Å²) < 4.78 is 12.1. The molecule has 1 aliphatic heterocycles. The minimum atomic E-state index is 0.577. The molecule has 0 radical (unpaired) electrons. The Morgan fingerprint density at radius 1 is 0.905 bits per heavy atom. The summed E-state index contributed by atoms with van der Waals surface area (Å²) in [6.45, 7) is 1.17. The molecule has 1 aliphatic rings. The summed E-state index contributed by atoms with van der Waals surface area (Å²) >= 11 is 3.44. The van der Waals surface area contributed by atoms with E-state index in [2.05, 4.69) is 25.9 Å². The number of rotatable bonds is 1. The smallest absolute Gasteiger partial charge is 0.162 e. The fourth-order valence-electron chi connectivity index (χ4n) is 2.33. The lowest BCUT2D eigenvalue weighted by atomic mass is 10.1. The number of nitrogens with zero attached hydrogens (tertiary/aromatic N) is 2. The van der Waals surface area contributed by atoms with Crippen molar-refractivity contribution in [3.8, 4) is 22.8 Å². The van der Waals surface area contributed by atoms with E-state index in [1.165, 1.54) is 0 Å². The Morgan fingerprint density at radius 3 is 2.67 bits per heavy atom. The molecule has 3 aromatic rings. The van der Waals surface area contributed by atoms with Crippen LogP contribution in [0.25, 0.3) is 22.3 Å². The third kappa shape index (κ3) is 2.34. The normalized spacial score (nSPS) is 13.4. The molecule has 2 heterocycles. The molecule has 0 spiro atoms. The van der Waals surface area contributed by atoms with Crippen molar-refractivity contribution in [2.75, 3.05) is 13.2 Å². The molecule has 1 aromatic heterocycles. The quantitative estimate of drug-likeness (QED) is 0.674. The maximum atomic E-state index is 5.61. The van der Waals surface area contributed by atoms with Crippen LogP contribution in [0.3, 0.4) is 0 Å². The molecule has 0 bridgehead atoms. The van der Waals surface area contributed by atoms with Gasteiger partial charge in [-0.25, -0.2) is 4.98 Å². The zero-order valence-electron chi connectivity index (χ0n) is 11.0. The van der Waals surface area contributed by atoms with Crippen molar-refractivity contribution in [2.45, 2.75) is 0 Å². The van der Waals surface area contributed by atoms with Crippen LogP contribution in [0.2, 0.25) is 0 Å². The minimum absolute atomic E-state index is 0.577. The van der Waals surface area contributed by atoms with Gasteiger partial charge < -0.3 is 9.47 Å². The molecule has 0 N–H and O–H groups in total. The van der Waals surface area contributed by atoms with E-state index in [1.807, 2.05) is 36.4 Å². The van der Waals surface area contributed by atoms with Crippen molar-refractivity contribution in [3.63, 3.8) is 0 Å². The summed E-state index contributed by atoms with van der Waals surface area (Å²) in [7, 11) is 0. The van der Waals surface area contributed by atoms with Crippen LogP contribution >= 0.6 is 15.9 Å². The van der Waals surface area contributed by atoms with Gasteiger partial charge in [0.15, 0.2) is 11.5 Å². The lowest BCUT2D eigenvalue weighted by Gasteiger charge is -2.18. The second kappa shape index (κ2) is 5.00. The Labute approximate surface area is 129 Å². The number of hydrogen-bond donors (Lipinski definition) is 0. The summed E-state index contributed by atoms with van der Waals surface area (Å²) in [6.07, 6.45) is 1.78. The molecular formula is C16H11BrN2O2.